The minimum absolute atomic E-state index is 0.115. The number of carbonyl (C=O) groups is 1. The minimum Gasteiger partial charge on any atom is -0.347 e. The van der Waals surface area contributed by atoms with Gasteiger partial charge in [0.15, 0.2) is 0 Å². The molecule has 5 heteroatoms. The van der Waals surface area contributed by atoms with Crippen molar-refractivity contribution < 1.29 is 4.79 Å². The number of aromatic nitrogens is 3. The Morgan fingerprint density at radius 3 is 2.53 bits per heavy atom. The number of rotatable bonds is 2. The van der Waals surface area contributed by atoms with Crippen molar-refractivity contribution in [1.29, 1.82) is 0 Å². The predicted molar refractivity (Wildman–Crippen MR) is 64.7 cm³/mol. The van der Waals surface area contributed by atoms with Gasteiger partial charge in [0.05, 0.1) is 0 Å². The van der Waals surface area contributed by atoms with E-state index in [0.717, 1.165) is 24.6 Å². The van der Waals surface area contributed by atoms with Gasteiger partial charge < -0.3 is 5.32 Å². The van der Waals surface area contributed by atoms with E-state index in [9.17, 15) is 4.79 Å². The van der Waals surface area contributed by atoms with Crippen LogP contribution in [-0.2, 0) is 5.41 Å². The highest BCUT2D eigenvalue weighted by molar-refractivity contribution is 5.90. The highest BCUT2D eigenvalue weighted by atomic mass is 16.2. The van der Waals surface area contributed by atoms with E-state index in [1.165, 1.54) is 0 Å². The molecule has 1 aromatic rings. The van der Waals surface area contributed by atoms with Crippen LogP contribution in [0.2, 0.25) is 0 Å². The van der Waals surface area contributed by atoms with E-state index in [2.05, 4.69) is 27.4 Å². The largest absolute Gasteiger partial charge is 0.347 e. The van der Waals surface area contributed by atoms with Crippen molar-refractivity contribution >= 4 is 5.91 Å². The van der Waals surface area contributed by atoms with Gasteiger partial charge in [0.25, 0.3) is 5.91 Å². The Morgan fingerprint density at radius 1 is 1.41 bits per heavy atom. The van der Waals surface area contributed by atoms with E-state index in [1.54, 1.807) is 0 Å². The molecular formula is C12H20N4O. The summed E-state index contributed by atoms with van der Waals surface area (Å²) in [4.78, 5) is 16.1. The summed E-state index contributed by atoms with van der Waals surface area (Å²) in [6.07, 6.45) is 2.12. The quantitative estimate of drug-likeness (QED) is 0.820. The van der Waals surface area contributed by atoms with Gasteiger partial charge in [-0.05, 0) is 18.8 Å². The van der Waals surface area contributed by atoms with Crippen molar-refractivity contribution in [1.82, 2.24) is 20.5 Å². The summed E-state index contributed by atoms with van der Waals surface area (Å²) in [7, 11) is 0. The molecule has 0 spiro atoms. The van der Waals surface area contributed by atoms with E-state index in [0.29, 0.717) is 6.04 Å². The second kappa shape index (κ2) is 4.13. The van der Waals surface area contributed by atoms with Crippen LogP contribution in [0.1, 0.15) is 57.0 Å². The number of nitrogens with one attached hydrogen (secondary N) is 2. The van der Waals surface area contributed by atoms with Crippen LogP contribution in [0.4, 0.5) is 0 Å². The van der Waals surface area contributed by atoms with Crippen LogP contribution >= 0.6 is 0 Å². The Balaban J connectivity index is 1.98. The van der Waals surface area contributed by atoms with Crippen molar-refractivity contribution in [2.45, 2.75) is 52.0 Å². The number of hydrogen-bond acceptors (Lipinski definition) is 3. The molecule has 1 aliphatic rings. The smallest absolute Gasteiger partial charge is 0.291 e. The maximum absolute atomic E-state index is 11.8. The van der Waals surface area contributed by atoms with Gasteiger partial charge in [-0.3, -0.25) is 9.89 Å². The lowest BCUT2D eigenvalue weighted by molar-refractivity contribution is 0.0885. The van der Waals surface area contributed by atoms with Crippen LogP contribution < -0.4 is 5.32 Å². The molecule has 94 valence electrons. The van der Waals surface area contributed by atoms with Gasteiger partial charge in [-0.1, -0.05) is 27.7 Å². The zero-order valence-electron chi connectivity index (χ0n) is 10.9. The first-order valence-electron chi connectivity index (χ1n) is 6.10. The molecule has 5 nitrogen and oxygen atoms in total. The average molecular weight is 236 g/mol. The zero-order valence-corrected chi connectivity index (χ0v) is 10.9. The number of H-pyrrole nitrogens is 1. The molecule has 0 radical (unpaired) electrons. The summed E-state index contributed by atoms with van der Waals surface area (Å²) >= 11 is 0. The summed E-state index contributed by atoms with van der Waals surface area (Å²) in [5, 5.41) is 9.73. The Hall–Kier alpha value is -1.39. The fraction of sp³-hybridized carbons (Fsp3) is 0.750. The molecule has 0 unspecified atom stereocenters. The van der Waals surface area contributed by atoms with Gasteiger partial charge in [0.1, 0.15) is 5.82 Å². The third kappa shape index (κ3) is 2.65. The molecule has 0 aliphatic heterocycles. The number of amides is 1. The third-order valence-electron chi connectivity index (χ3n) is 3.11. The maximum atomic E-state index is 11.8. The van der Waals surface area contributed by atoms with Crippen molar-refractivity contribution in [3.63, 3.8) is 0 Å². The molecule has 0 saturated heterocycles. The second-order valence-electron chi connectivity index (χ2n) is 6.00. The lowest BCUT2D eigenvalue weighted by Crippen LogP contribution is -2.43. The highest BCUT2D eigenvalue weighted by Crippen LogP contribution is 2.26. The summed E-state index contributed by atoms with van der Waals surface area (Å²) < 4.78 is 0. The van der Waals surface area contributed by atoms with Crippen LogP contribution in [0.3, 0.4) is 0 Å². The molecule has 1 fully saturated rings. The monoisotopic (exact) mass is 236 g/mol. The summed E-state index contributed by atoms with van der Waals surface area (Å²) in [6, 6.07) is 0.300. The SMILES string of the molecule is CC1CC(NC(=O)c2n[nH]c(C(C)(C)C)n2)C1. The van der Waals surface area contributed by atoms with Gasteiger partial charge in [-0.2, -0.15) is 0 Å². The lowest BCUT2D eigenvalue weighted by atomic mass is 9.82. The third-order valence-corrected chi connectivity index (χ3v) is 3.11. The van der Waals surface area contributed by atoms with Crippen molar-refractivity contribution in [3.05, 3.63) is 11.6 Å². The Kier molecular flexibility index (Phi) is 2.93. The zero-order chi connectivity index (χ0) is 12.6. The highest BCUT2D eigenvalue weighted by Gasteiger charge is 2.28. The van der Waals surface area contributed by atoms with Crippen molar-refractivity contribution in [3.8, 4) is 0 Å². The fourth-order valence-corrected chi connectivity index (χ4v) is 1.97. The predicted octanol–water partition coefficient (Wildman–Crippen LogP) is 1.63. The van der Waals surface area contributed by atoms with Crippen LogP contribution in [-0.4, -0.2) is 27.1 Å². The lowest BCUT2D eigenvalue weighted by Gasteiger charge is -2.32. The topological polar surface area (TPSA) is 70.7 Å². The molecule has 1 aliphatic carbocycles. The summed E-state index contributed by atoms with van der Waals surface area (Å²) in [6.45, 7) is 8.28. The van der Waals surface area contributed by atoms with Gasteiger partial charge in [-0.25, -0.2) is 4.98 Å². The molecule has 2 N–H and O–H groups in total. The van der Waals surface area contributed by atoms with Gasteiger partial charge >= 0.3 is 0 Å². The first-order valence-corrected chi connectivity index (χ1v) is 6.10. The van der Waals surface area contributed by atoms with E-state index in [-0.39, 0.29) is 17.1 Å². The number of nitrogens with zero attached hydrogens (tertiary/aromatic N) is 2. The Morgan fingerprint density at radius 2 is 2.06 bits per heavy atom. The average Bonchev–Trinajstić information content (AvgIpc) is 2.63. The van der Waals surface area contributed by atoms with Crippen LogP contribution in [0.5, 0.6) is 0 Å². The van der Waals surface area contributed by atoms with Crippen LogP contribution in [0, 0.1) is 5.92 Å². The molecule has 2 rings (SSSR count). The van der Waals surface area contributed by atoms with Crippen LogP contribution in [0.15, 0.2) is 0 Å². The molecule has 1 aromatic heterocycles. The standard InChI is InChI=1S/C12H20N4O/c1-7-5-8(6-7)13-10(17)9-14-11(16-15-9)12(2,3)4/h7-8H,5-6H2,1-4H3,(H,13,17)(H,14,15,16). The molecule has 1 heterocycles. The number of hydrogen-bond donors (Lipinski definition) is 2. The van der Waals surface area contributed by atoms with Gasteiger partial charge in [-0.15, -0.1) is 5.10 Å². The van der Waals surface area contributed by atoms with E-state index in [4.69, 9.17) is 0 Å². The van der Waals surface area contributed by atoms with Crippen LogP contribution in [0.25, 0.3) is 0 Å². The number of carbonyl (C=O) groups excluding carboxylic acids is 1. The first kappa shape index (κ1) is 12.1. The van der Waals surface area contributed by atoms with Gasteiger partial charge in [0, 0.05) is 11.5 Å². The maximum Gasteiger partial charge on any atom is 0.291 e. The molecular weight excluding hydrogens is 216 g/mol. The molecule has 0 aromatic carbocycles. The van der Waals surface area contributed by atoms with E-state index < -0.39 is 0 Å². The van der Waals surface area contributed by atoms with Gasteiger partial charge in [0.2, 0.25) is 5.82 Å². The Labute approximate surface area is 101 Å². The fourth-order valence-electron chi connectivity index (χ4n) is 1.97. The molecule has 17 heavy (non-hydrogen) atoms. The molecule has 0 bridgehead atoms. The minimum atomic E-state index is -0.173. The normalized spacial score (nSPS) is 24.2. The summed E-state index contributed by atoms with van der Waals surface area (Å²) in [5.41, 5.74) is -0.115. The molecule has 1 saturated carbocycles. The first-order chi connectivity index (χ1) is 7.86. The van der Waals surface area contributed by atoms with Crippen molar-refractivity contribution in [2.75, 3.05) is 0 Å². The van der Waals surface area contributed by atoms with Crippen molar-refractivity contribution in [2.24, 2.45) is 5.92 Å². The second-order valence-corrected chi connectivity index (χ2v) is 6.00. The molecule has 0 atom stereocenters. The van der Waals surface area contributed by atoms with E-state index in [1.807, 2.05) is 20.8 Å². The molecule has 1 amide bonds. The Bertz CT molecular complexity index is 412. The number of aromatic amines is 1. The summed E-state index contributed by atoms with van der Waals surface area (Å²) in [5.74, 6) is 1.53. The van der Waals surface area contributed by atoms with E-state index >= 15 is 0 Å².